The number of nitro benzene ring substituents is 1. The predicted octanol–water partition coefficient (Wildman–Crippen LogP) is 6.64. The smallest absolute Gasteiger partial charge is 0.269 e. The van der Waals surface area contributed by atoms with Gasteiger partial charge in [-0.15, -0.1) is 0 Å². The van der Waals surface area contributed by atoms with Crippen molar-refractivity contribution in [2.75, 3.05) is 5.32 Å². The fraction of sp³-hybridized carbons (Fsp3) is 0.120. The summed E-state index contributed by atoms with van der Waals surface area (Å²) in [6.07, 6.45) is 0. The molecule has 1 amide bonds. The van der Waals surface area contributed by atoms with Crippen LogP contribution in [-0.2, 0) is 0 Å². The second-order valence-electron chi connectivity index (χ2n) is 7.71. The van der Waals surface area contributed by atoms with Crippen LogP contribution in [0.25, 0.3) is 22.2 Å². The molecule has 32 heavy (non-hydrogen) atoms. The third-order valence-corrected chi connectivity index (χ3v) is 5.56. The summed E-state index contributed by atoms with van der Waals surface area (Å²) >= 11 is 6.21. The van der Waals surface area contributed by atoms with Crippen molar-refractivity contribution in [3.8, 4) is 11.3 Å². The first-order valence-corrected chi connectivity index (χ1v) is 10.4. The second-order valence-corrected chi connectivity index (χ2v) is 8.14. The monoisotopic (exact) mass is 445 g/mol. The van der Waals surface area contributed by atoms with Crippen LogP contribution in [0.2, 0.25) is 5.02 Å². The van der Waals surface area contributed by atoms with Gasteiger partial charge >= 0.3 is 0 Å². The third kappa shape index (κ3) is 4.05. The zero-order valence-corrected chi connectivity index (χ0v) is 18.5. The van der Waals surface area contributed by atoms with Crippen LogP contribution in [0.5, 0.6) is 0 Å². The lowest BCUT2D eigenvalue weighted by Gasteiger charge is -2.17. The fourth-order valence-corrected chi connectivity index (χ4v) is 4.07. The van der Waals surface area contributed by atoms with Gasteiger partial charge in [0.15, 0.2) is 0 Å². The number of benzene rings is 3. The van der Waals surface area contributed by atoms with Crippen LogP contribution in [0.15, 0.2) is 60.7 Å². The molecule has 7 heteroatoms. The number of carbonyl (C=O) groups excluding carboxylic acids is 1. The first-order chi connectivity index (χ1) is 15.2. The van der Waals surface area contributed by atoms with Crippen molar-refractivity contribution in [1.82, 2.24) is 4.98 Å². The van der Waals surface area contributed by atoms with E-state index >= 15 is 0 Å². The molecular weight excluding hydrogens is 426 g/mol. The van der Waals surface area contributed by atoms with Crippen molar-refractivity contribution in [2.45, 2.75) is 20.8 Å². The van der Waals surface area contributed by atoms with Gasteiger partial charge in [-0.1, -0.05) is 35.4 Å². The lowest BCUT2D eigenvalue weighted by molar-refractivity contribution is -0.384. The Kier molecular flexibility index (Phi) is 5.63. The van der Waals surface area contributed by atoms with Gasteiger partial charge in [-0.25, -0.2) is 4.98 Å². The molecule has 0 unspecified atom stereocenters. The highest BCUT2D eigenvalue weighted by atomic mass is 35.5. The zero-order chi connectivity index (χ0) is 23.0. The average Bonchev–Trinajstić information content (AvgIpc) is 2.73. The minimum atomic E-state index is -0.477. The summed E-state index contributed by atoms with van der Waals surface area (Å²) in [6, 6.07) is 17.1. The van der Waals surface area contributed by atoms with E-state index in [0.29, 0.717) is 22.0 Å². The van der Waals surface area contributed by atoms with E-state index in [1.807, 2.05) is 51.1 Å². The number of rotatable bonds is 4. The predicted molar refractivity (Wildman–Crippen MR) is 127 cm³/mol. The van der Waals surface area contributed by atoms with Crippen LogP contribution in [0.3, 0.4) is 0 Å². The van der Waals surface area contributed by atoms with E-state index in [4.69, 9.17) is 16.6 Å². The highest BCUT2D eigenvalue weighted by molar-refractivity contribution is 6.30. The minimum absolute atomic E-state index is 0.0389. The van der Waals surface area contributed by atoms with Gasteiger partial charge < -0.3 is 5.32 Å². The number of halogens is 1. The molecule has 0 aliphatic rings. The number of fused-ring (bicyclic) bond motifs is 1. The van der Waals surface area contributed by atoms with E-state index in [1.165, 1.54) is 24.3 Å². The van der Waals surface area contributed by atoms with Crippen molar-refractivity contribution in [3.05, 3.63) is 98.1 Å². The van der Waals surface area contributed by atoms with Crippen molar-refractivity contribution in [3.63, 3.8) is 0 Å². The molecule has 0 saturated carbocycles. The topological polar surface area (TPSA) is 85.1 Å². The molecule has 1 heterocycles. The Balaban J connectivity index is 1.89. The standard InChI is InChI=1S/C25H20ClN3O3/c1-14-11-15(2)23-21(12-14)22(16(3)24(28-23)17-5-4-6-18(26)13-17)25(30)27-19-7-9-20(10-8-19)29(31)32/h4-13H,1-3H3,(H,27,30). The van der Waals surface area contributed by atoms with Crippen molar-refractivity contribution in [2.24, 2.45) is 0 Å². The number of nitrogens with one attached hydrogen (secondary N) is 1. The van der Waals surface area contributed by atoms with Gasteiger partial charge in [-0.2, -0.15) is 0 Å². The van der Waals surface area contributed by atoms with E-state index in [1.54, 1.807) is 6.07 Å². The molecule has 0 aliphatic carbocycles. The van der Waals surface area contributed by atoms with Gasteiger partial charge in [0.2, 0.25) is 0 Å². The molecule has 1 N–H and O–H groups in total. The molecule has 3 aromatic carbocycles. The largest absolute Gasteiger partial charge is 0.322 e. The summed E-state index contributed by atoms with van der Waals surface area (Å²) in [5, 5.41) is 15.1. The Bertz CT molecular complexity index is 1380. The summed E-state index contributed by atoms with van der Waals surface area (Å²) in [6.45, 7) is 5.81. The Hall–Kier alpha value is -3.77. The SMILES string of the molecule is Cc1cc(C)c2nc(-c3cccc(Cl)c3)c(C)c(C(=O)Nc3ccc([N+](=O)[O-])cc3)c2c1. The molecule has 4 aromatic rings. The molecule has 0 spiro atoms. The lowest BCUT2D eigenvalue weighted by Crippen LogP contribution is -2.15. The van der Waals surface area contributed by atoms with Gasteiger partial charge in [0.1, 0.15) is 0 Å². The zero-order valence-electron chi connectivity index (χ0n) is 17.8. The number of hydrogen-bond donors (Lipinski definition) is 1. The Morgan fingerprint density at radius 3 is 2.41 bits per heavy atom. The van der Waals surface area contributed by atoms with Crippen molar-refractivity contribution >= 4 is 39.8 Å². The molecule has 160 valence electrons. The Labute approximate surface area is 190 Å². The lowest BCUT2D eigenvalue weighted by atomic mass is 9.94. The highest BCUT2D eigenvalue weighted by Crippen LogP contribution is 2.33. The van der Waals surface area contributed by atoms with Gasteiger partial charge in [0.05, 0.1) is 21.7 Å². The normalized spacial score (nSPS) is 10.9. The van der Waals surface area contributed by atoms with E-state index in [0.717, 1.165) is 33.2 Å². The molecular formula is C25H20ClN3O3. The molecule has 0 aliphatic heterocycles. The van der Waals surface area contributed by atoms with Crippen LogP contribution in [0.1, 0.15) is 27.0 Å². The number of nitrogens with zero attached hydrogens (tertiary/aromatic N) is 2. The van der Waals surface area contributed by atoms with Gasteiger partial charge in [0.25, 0.3) is 11.6 Å². The molecule has 0 bridgehead atoms. The van der Waals surface area contributed by atoms with Gasteiger partial charge in [-0.3, -0.25) is 14.9 Å². The van der Waals surface area contributed by atoms with Gasteiger partial charge in [0, 0.05) is 33.8 Å². The van der Waals surface area contributed by atoms with E-state index in [9.17, 15) is 14.9 Å². The van der Waals surface area contributed by atoms with Crippen molar-refractivity contribution < 1.29 is 9.72 Å². The average molecular weight is 446 g/mol. The first-order valence-electron chi connectivity index (χ1n) is 9.98. The highest BCUT2D eigenvalue weighted by Gasteiger charge is 2.21. The maximum absolute atomic E-state index is 13.4. The summed E-state index contributed by atoms with van der Waals surface area (Å²) in [5.41, 5.74) is 5.90. The Morgan fingerprint density at radius 2 is 1.75 bits per heavy atom. The fourth-order valence-electron chi connectivity index (χ4n) is 3.88. The Morgan fingerprint density at radius 1 is 1.03 bits per heavy atom. The molecule has 0 radical (unpaired) electrons. The number of aryl methyl sites for hydroxylation is 2. The quantitative estimate of drug-likeness (QED) is 0.282. The number of carbonyl (C=O) groups is 1. The van der Waals surface area contributed by atoms with E-state index in [2.05, 4.69) is 5.32 Å². The number of non-ortho nitro benzene ring substituents is 1. The van der Waals surface area contributed by atoms with Crippen LogP contribution >= 0.6 is 11.6 Å². The maximum atomic E-state index is 13.4. The first kappa shape index (κ1) is 21.5. The molecule has 1 aromatic heterocycles. The molecule has 4 rings (SSSR count). The molecule has 0 fully saturated rings. The number of amides is 1. The number of anilines is 1. The van der Waals surface area contributed by atoms with Crippen LogP contribution in [0, 0.1) is 30.9 Å². The number of hydrogen-bond acceptors (Lipinski definition) is 4. The van der Waals surface area contributed by atoms with Gasteiger partial charge in [-0.05, 0) is 62.2 Å². The van der Waals surface area contributed by atoms with Crippen molar-refractivity contribution in [1.29, 1.82) is 0 Å². The van der Waals surface area contributed by atoms with E-state index in [-0.39, 0.29) is 11.6 Å². The summed E-state index contributed by atoms with van der Waals surface area (Å²) in [7, 11) is 0. The minimum Gasteiger partial charge on any atom is -0.322 e. The molecule has 0 atom stereocenters. The number of pyridine rings is 1. The third-order valence-electron chi connectivity index (χ3n) is 5.33. The molecule has 0 saturated heterocycles. The summed E-state index contributed by atoms with van der Waals surface area (Å²) in [5.74, 6) is -0.308. The number of aromatic nitrogens is 1. The van der Waals surface area contributed by atoms with Crippen LogP contribution < -0.4 is 5.32 Å². The van der Waals surface area contributed by atoms with E-state index < -0.39 is 4.92 Å². The van der Waals surface area contributed by atoms with Crippen LogP contribution in [0.4, 0.5) is 11.4 Å². The second kappa shape index (κ2) is 8.40. The summed E-state index contributed by atoms with van der Waals surface area (Å²) < 4.78 is 0. The number of nitro groups is 1. The molecule has 6 nitrogen and oxygen atoms in total. The van der Waals surface area contributed by atoms with Crippen LogP contribution in [-0.4, -0.2) is 15.8 Å². The maximum Gasteiger partial charge on any atom is 0.269 e. The summed E-state index contributed by atoms with van der Waals surface area (Å²) in [4.78, 5) is 28.8.